The largest absolute Gasteiger partial charge is 0.444 e. The van der Waals surface area contributed by atoms with Gasteiger partial charge in [-0.3, -0.25) is 9.48 Å². The summed E-state index contributed by atoms with van der Waals surface area (Å²) in [7, 11) is 1.78. The van der Waals surface area contributed by atoms with Crippen LogP contribution in [0.4, 0.5) is 4.79 Å². The van der Waals surface area contributed by atoms with Crippen molar-refractivity contribution in [2.45, 2.75) is 32.8 Å². The van der Waals surface area contributed by atoms with Crippen LogP contribution in [-0.2, 0) is 23.0 Å². The molecule has 1 N–H and O–H groups in total. The van der Waals surface area contributed by atoms with Crippen molar-refractivity contribution in [3.8, 4) is 0 Å². The number of ketones is 1. The maximum absolute atomic E-state index is 11.6. The van der Waals surface area contributed by atoms with Gasteiger partial charge in [0.15, 0.2) is 5.78 Å². The average Bonchev–Trinajstić information content (AvgIpc) is 2.58. The minimum atomic E-state index is -0.586. The van der Waals surface area contributed by atoms with Crippen molar-refractivity contribution in [3.05, 3.63) is 18.0 Å². The monoisotopic (exact) mass is 253 g/mol. The Kier molecular flexibility index (Phi) is 4.47. The molecule has 18 heavy (non-hydrogen) atoms. The molecule has 0 unspecified atom stereocenters. The van der Waals surface area contributed by atoms with Crippen LogP contribution in [-0.4, -0.2) is 33.8 Å². The molecule has 0 aromatic carbocycles. The summed E-state index contributed by atoms with van der Waals surface area (Å²) < 4.78 is 6.65. The minimum absolute atomic E-state index is 0.0501. The Bertz CT molecular complexity index is 432. The van der Waals surface area contributed by atoms with E-state index in [-0.39, 0.29) is 18.7 Å². The zero-order chi connectivity index (χ0) is 13.8. The Labute approximate surface area is 106 Å². The van der Waals surface area contributed by atoms with Gasteiger partial charge in [-0.15, -0.1) is 0 Å². The highest BCUT2D eigenvalue weighted by molar-refractivity contribution is 5.85. The van der Waals surface area contributed by atoms with Gasteiger partial charge >= 0.3 is 6.09 Å². The molecular weight excluding hydrogens is 234 g/mol. The second-order valence-corrected chi connectivity index (χ2v) is 5.05. The summed E-state index contributed by atoms with van der Waals surface area (Å²) in [5.41, 5.74) is 0.127. The molecule has 0 aliphatic carbocycles. The van der Waals surface area contributed by atoms with Crippen LogP contribution in [0.15, 0.2) is 12.3 Å². The Morgan fingerprint density at radius 1 is 1.44 bits per heavy atom. The fraction of sp³-hybridized carbons (Fsp3) is 0.583. The van der Waals surface area contributed by atoms with E-state index in [4.69, 9.17) is 4.74 Å². The van der Waals surface area contributed by atoms with Crippen LogP contribution in [0, 0.1) is 0 Å². The fourth-order valence-corrected chi connectivity index (χ4v) is 1.31. The topological polar surface area (TPSA) is 73.2 Å². The lowest BCUT2D eigenvalue weighted by Gasteiger charge is -2.19. The van der Waals surface area contributed by atoms with Crippen LogP contribution < -0.4 is 5.32 Å². The number of nitrogens with one attached hydrogen (secondary N) is 1. The first-order valence-electron chi connectivity index (χ1n) is 5.73. The van der Waals surface area contributed by atoms with Gasteiger partial charge in [-0.2, -0.15) is 5.10 Å². The zero-order valence-electron chi connectivity index (χ0n) is 11.2. The maximum Gasteiger partial charge on any atom is 0.408 e. The first-order chi connectivity index (χ1) is 8.26. The summed E-state index contributed by atoms with van der Waals surface area (Å²) >= 11 is 0. The molecule has 100 valence electrons. The van der Waals surface area contributed by atoms with E-state index >= 15 is 0 Å². The lowest BCUT2D eigenvalue weighted by molar-refractivity contribution is -0.117. The Morgan fingerprint density at radius 3 is 2.61 bits per heavy atom. The molecule has 1 rings (SSSR count). The number of hydrogen-bond donors (Lipinski definition) is 1. The molecule has 0 spiro atoms. The predicted octanol–water partition coefficient (Wildman–Crippen LogP) is 1.06. The van der Waals surface area contributed by atoms with Crippen molar-refractivity contribution < 1.29 is 14.3 Å². The predicted molar refractivity (Wildman–Crippen MR) is 66.2 cm³/mol. The first-order valence-corrected chi connectivity index (χ1v) is 5.73. The summed E-state index contributed by atoms with van der Waals surface area (Å²) in [4.78, 5) is 22.9. The van der Waals surface area contributed by atoms with E-state index in [1.54, 1.807) is 44.8 Å². The lowest BCUT2D eigenvalue weighted by atomic mass is 10.2. The Balaban J connectivity index is 2.31. The number of aromatic nitrogens is 2. The quantitative estimate of drug-likeness (QED) is 0.870. The van der Waals surface area contributed by atoms with Crippen LogP contribution in [0.1, 0.15) is 26.5 Å². The molecule has 6 heteroatoms. The summed E-state index contributed by atoms with van der Waals surface area (Å²) in [5.74, 6) is -0.112. The van der Waals surface area contributed by atoms with Crippen molar-refractivity contribution in [1.82, 2.24) is 15.1 Å². The number of alkyl carbamates (subject to hydrolysis) is 1. The average molecular weight is 253 g/mol. The van der Waals surface area contributed by atoms with E-state index < -0.39 is 11.7 Å². The third-order valence-corrected chi connectivity index (χ3v) is 1.98. The number of aryl methyl sites for hydroxylation is 1. The molecule has 1 heterocycles. The van der Waals surface area contributed by atoms with Crippen LogP contribution in [0.3, 0.4) is 0 Å². The summed E-state index contributed by atoms with van der Waals surface area (Å²) in [5, 5.41) is 6.51. The number of Topliss-reactive ketones (excluding diaryl/α,β-unsaturated/α-hetero) is 1. The smallest absolute Gasteiger partial charge is 0.408 e. The maximum atomic E-state index is 11.6. The van der Waals surface area contributed by atoms with Gasteiger partial charge in [0.25, 0.3) is 0 Å². The molecule has 1 aromatic heterocycles. The number of ether oxygens (including phenoxy) is 1. The van der Waals surface area contributed by atoms with Crippen molar-refractivity contribution in [1.29, 1.82) is 0 Å². The normalized spacial score (nSPS) is 11.1. The van der Waals surface area contributed by atoms with Crippen LogP contribution in [0.25, 0.3) is 0 Å². The second kappa shape index (κ2) is 5.66. The molecule has 0 aliphatic rings. The summed E-state index contributed by atoms with van der Waals surface area (Å²) in [6.45, 7) is 5.25. The molecule has 0 bridgehead atoms. The van der Waals surface area contributed by atoms with Crippen molar-refractivity contribution in [3.63, 3.8) is 0 Å². The van der Waals surface area contributed by atoms with Gasteiger partial charge in [0.2, 0.25) is 0 Å². The molecule has 0 saturated carbocycles. The SMILES string of the molecule is Cn1ccc(CC(=O)CNC(=O)OC(C)(C)C)n1. The van der Waals surface area contributed by atoms with Gasteiger partial charge in [0, 0.05) is 13.2 Å². The molecule has 0 aliphatic heterocycles. The number of carbonyl (C=O) groups is 2. The highest BCUT2D eigenvalue weighted by Crippen LogP contribution is 2.06. The molecule has 1 aromatic rings. The lowest BCUT2D eigenvalue weighted by Crippen LogP contribution is -2.35. The van der Waals surface area contributed by atoms with Gasteiger partial charge in [-0.25, -0.2) is 4.79 Å². The number of carbonyl (C=O) groups excluding carboxylic acids is 2. The van der Waals surface area contributed by atoms with Crippen LogP contribution >= 0.6 is 0 Å². The number of amides is 1. The summed E-state index contributed by atoms with van der Waals surface area (Å²) in [6.07, 6.45) is 1.39. The Hall–Kier alpha value is -1.85. The molecule has 0 atom stereocenters. The van der Waals surface area contributed by atoms with Crippen molar-refractivity contribution >= 4 is 11.9 Å². The fourth-order valence-electron chi connectivity index (χ4n) is 1.31. The standard InChI is InChI=1S/C12H19N3O3/c1-12(2,3)18-11(17)13-8-10(16)7-9-5-6-15(4)14-9/h5-6H,7-8H2,1-4H3,(H,13,17). The molecule has 0 saturated heterocycles. The van der Waals surface area contributed by atoms with E-state index in [2.05, 4.69) is 10.4 Å². The van der Waals surface area contributed by atoms with E-state index in [0.717, 1.165) is 0 Å². The van der Waals surface area contributed by atoms with Gasteiger partial charge in [-0.1, -0.05) is 0 Å². The highest BCUT2D eigenvalue weighted by atomic mass is 16.6. The third-order valence-electron chi connectivity index (χ3n) is 1.98. The van der Waals surface area contributed by atoms with Crippen LogP contribution in [0.2, 0.25) is 0 Å². The van der Waals surface area contributed by atoms with Crippen LogP contribution in [0.5, 0.6) is 0 Å². The van der Waals surface area contributed by atoms with Gasteiger partial charge in [-0.05, 0) is 26.8 Å². The van der Waals surface area contributed by atoms with E-state index in [9.17, 15) is 9.59 Å². The number of rotatable bonds is 4. The molecule has 6 nitrogen and oxygen atoms in total. The summed E-state index contributed by atoms with van der Waals surface area (Å²) in [6, 6.07) is 1.77. The van der Waals surface area contributed by atoms with E-state index in [0.29, 0.717) is 5.69 Å². The number of hydrogen-bond acceptors (Lipinski definition) is 4. The zero-order valence-corrected chi connectivity index (χ0v) is 11.2. The molecular formula is C12H19N3O3. The van der Waals surface area contributed by atoms with Gasteiger partial charge in [0.05, 0.1) is 18.7 Å². The molecule has 0 radical (unpaired) electrons. The first kappa shape index (κ1) is 14.2. The second-order valence-electron chi connectivity index (χ2n) is 5.05. The minimum Gasteiger partial charge on any atom is -0.444 e. The van der Waals surface area contributed by atoms with E-state index in [1.165, 1.54) is 0 Å². The molecule has 1 amide bonds. The van der Waals surface area contributed by atoms with Gasteiger partial charge < -0.3 is 10.1 Å². The van der Waals surface area contributed by atoms with Crippen molar-refractivity contribution in [2.75, 3.05) is 6.54 Å². The molecule has 0 fully saturated rings. The Morgan fingerprint density at radius 2 is 2.11 bits per heavy atom. The van der Waals surface area contributed by atoms with E-state index in [1.807, 2.05) is 0 Å². The van der Waals surface area contributed by atoms with Crippen molar-refractivity contribution in [2.24, 2.45) is 7.05 Å². The third kappa shape index (κ3) is 5.47. The van der Waals surface area contributed by atoms with Gasteiger partial charge in [0.1, 0.15) is 5.60 Å². The highest BCUT2D eigenvalue weighted by Gasteiger charge is 2.16. The number of nitrogens with zero attached hydrogens (tertiary/aromatic N) is 2.